The van der Waals surface area contributed by atoms with E-state index >= 15 is 0 Å². The molecule has 0 saturated carbocycles. The molecule has 3 aromatic rings. The third-order valence-corrected chi connectivity index (χ3v) is 6.13. The summed E-state index contributed by atoms with van der Waals surface area (Å²) in [4.78, 5) is 39.8. The van der Waals surface area contributed by atoms with Crippen LogP contribution in [-0.2, 0) is 4.79 Å². The number of hydrogen-bond acceptors (Lipinski definition) is 6. The Kier molecular flexibility index (Phi) is 7.94. The second-order valence-corrected chi connectivity index (χ2v) is 9.14. The van der Waals surface area contributed by atoms with Crippen LogP contribution in [0.5, 0.6) is 0 Å². The van der Waals surface area contributed by atoms with E-state index in [9.17, 15) is 9.59 Å². The first-order chi connectivity index (χ1) is 16.9. The van der Waals surface area contributed by atoms with Gasteiger partial charge in [0, 0.05) is 67.2 Å². The average molecular weight is 493 g/mol. The van der Waals surface area contributed by atoms with Gasteiger partial charge in [0.2, 0.25) is 11.9 Å². The maximum absolute atomic E-state index is 12.9. The minimum Gasteiger partial charge on any atom is -0.339 e. The molecule has 1 N–H and O–H groups in total. The molecule has 4 rings (SSSR count). The third-order valence-electron chi connectivity index (χ3n) is 5.88. The summed E-state index contributed by atoms with van der Waals surface area (Å²) in [6.45, 7) is 2.95. The van der Waals surface area contributed by atoms with Crippen molar-refractivity contribution in [2.24, 2.45) is 0 Å². The molecule has 9 heteroatoms. The lowest BCUT2D eigenvalue weighted by Gasteiger charge is -2.35. The Labute approximate surface area is 210 Å². The number of carbonyl (C=O) groups is 2. The van der Waals surface area contributed by atoms with E-state index in [-0.39, 0.29) is 11.8 Å². The van der Waals surface area contributed by atoms with E-state index in [1.54, 1.807) is 23.2 Å². The molecule has 2 aromatic carbocycles. The van der Waals surface area contributed by atoms with E-state index in [1.807, 2.05) is 66.4 Å². The Morgan fingerprint density at radius 1 is 0.943 bits per heavy atom. The second kappa shape index (κ2) is 11.3. The van der Waals surface area contributed by atoms with Gasteiger partial charge in [-0.15, -0.1) is 0 Å². The van der Waals surface area contributed by atoms with E-state index < -0.39 is 0 Å². The Bertz CT molecular complexity index is 1160. The van der Waals surface area contributed by atoms with Crippen molar-refractivity contribution in [3.8, 4) is 11.3 Å². The zero-order chi connectivity index (χ0) is 24.8. The molecule has 0 radical (unpaired) electrons. The van der Waals surface area contributed by atoms with Crippen molar-refractivity contribution in [3.05, 3.63) is 71.4 Å². The van der Waals surface area contributed by atoms with Crippen LogP contribution in [0.25, 0.3) is 11.3 Å². The number of amides is 2. The van der Waals surface area contributed by atoms with Gasteiger partial charge in [-0.2, -0.15) is 0 Å². The molecule has 1 aromatic heterocycles. The van der Waals surface area contributed by atoms with Gasteiger partial charge in [0.1, 0.15) is 0 Å². The topological polar surface area (TPSA) is 81.7 Å². The van der Waals surface area contributed by atoms with E-state index in [4.69, 9.17) is 11.6 Å². The summed E-state index contributed by atoms with van der Waals surface area (Å²) in [7, 11) is 3.91. The molecule has 0 bridgehead atoms. The van der Waals surface area contributed by atoms with Crippen molar-refractivity contribution in [3.63, 3.8) is 0 Å². The van der Waals surface area contributed by atoms with Crippen LogP contribution >= 0.6 is 11.6 Å². The predicted molar refractivity (Wildman–Crippen MR) is 138 cm³/mol. The smallest absolute Gasteiger partial charge is 0.253 e. The van der Waals surface area contributed by atoms with Crippen molar-refractivity contribution in [2.45, 2.75) is 6.42 Å². The van der Waals surface area contributed by atoms with E-state index in [1.165, 1.54) is 0 Å². The highest BCUT2D eigenvalue weighted by molar-refractivity contribution is 6.30. The Hall–Kier alpha value is -3.49. The molecule has 182 valence electrons. The lowest BCUT2D eigenvalue weighted by Crippen LogP contribution is -2.50. The van der Waals surface area contributed by atoms with Crippen LogP contribution in [-0.4, -0.2) is 83.3 Å². The van der Waals surface area contributed by atoms with Gasteiger partial charge in [-0.05, 0) is 56.6 Å². The molecule has 0 atom stereocenters. The van der Waals surface area contributed by atoms with E-state index in [2.05, 4.69) is 15.3 Å². The number of nitrogens with zero attached hydrogens (tertiary/aromatic N) is 5. The first kappa shape index (κ1) is 24.6. The highest BCUT2D eigenvalue weighted by Gasteiger charge is 2.24. The monoisotopic (exact) mass is 492 g/mol. The van der Waals surface area contributed by atoms with Gasteiger partial charge in [-0.3, -0.25) is 9.59 Å². The lowest BCUT2D eigenvalue weighted by atomic mass is 10.1. The van der Waals surface area contributed by atoms with Gasteiger partial charge >= 0.3 is 0 Å². The maximum atomic E-state index is 12.9. The summed E-state index contributed by atoms with van der Waals surface area (Å²) in [5, 5.41) is 3.86. The largest absolute Gasteiger partial charge is 0.339 e. The van der Waals surface area contributed by atoms with Crippen molar-refractivity contribution < 1.29 is 9.59 Å². The normalized spacial score (nSPS) is 13.7. The van der Waals surface area contributed by atoms with Gasteiger partial charge in [0.05, 0.1) is 5.69 Å². The lowest BCUT2D eigenvalue weighted by molar-refractivity contribution is -0.132. The van der Waals surface area contributed by atoms with Crippen LogP contribution < -0.4 is 5.32 Å². The van der Waals surface area contributed by atoms with E-state index in [0.717, 1.165) is 23.5 Å². The summed E-state index contributed by atoms with van der Waals surface area (Å²) in [6.07, 6.45) is 2.20. The Balaban J connectivity index is 1.33. The number of carbonyl (C=O) groups excluding carboxylic acids is 2. The molecule has 1 fully saturated rings. The zero-order valence-corrected chi connectivity index (χ0v) is 20.7. The van der Waals surface area contributed by atoms with Crippen molar-refractivity contribution in [1.82, 2.24) is 24.7 Å². The summed E-state index contributed by atoms with van der Waals surface area (Å²) in [6, 6.07) is 16.6. The number of halogens is 1. The van der Waals surface area contributed by atoms with Crippen LogP contribution in [0.3, 0.4) is 0 Å². The number of anilines is 2. The van der Waals surface area contributed by atoms with Gasteiger partial charge in [0.25, 0.3) is 5.91 Å². The average Bonchev–Trinajstić information content (AvgIpc) is 2.88. The van der Waals surface area contributed by atoms with Crippen molar-refractivity contribution in [2.75, 3.05) is 52.1 Å². The fraction of sp³-hybridized carbons (Fsp3) is 0.308. The molecular weight excluding hydrogens is 464 g/mol. The van der Waals surface area contributed by atoms with Gasteiger partial charge in [-0.25, -0.2) is 9.97 Å². The molecule has 0 aliphatic carbocycles. The quantitative estimate of drug-likeness (QED) is 0.540. The third kappa shape index (κ3) is 6.55. The van der Waals surface area contributed by atoms with Crippen LogP contribution in [0.15, 0.2) is 60.8 Å². The molecule has 35 heavy (non-hydrogen) atoms. The minimum absolute atomic E-state index is 0.0297. The second-order valence-electron chi connectivity index (χ2n) is 8.70. The molecule has 0 spiro atoms. The highest BCUT2D eigenvalue weighted by atomic mass is 35.5. The number of nitrogens with one attached hydrogen (secondary N) is 1. The summed E-state index contributed by atoms with van der Waals surface area (Å²) >= 11 is 5.97. The van der Waals surface area contributed by atoms with E-state index in [0.29, 0.717) is 49.1 Å². The van der Waals surface area contributed by atoms with Crippen molar-refractivity contribution in [1.29, 1.82) is 0 Å². The first-order valence-corrected chi connectivity index (χ1v) is 11.9. The fourth-order valence-electron chi connectivity index (χ4n) is 3.84. The molecule has 2 amide bonds. The number of rotatable bonds is 7. The number of benzene rings is 2. The molecule has 1 aliphatic rings. The summed E-state index contributed by atoms with van der Waals surface area (Å²) in [5.41, 5.74) is 3.12. The van der Waals surface area contributed by atoms with Crippen LogP contribution in [0.4, 0.5) is 11.6 Å². The number of aromatic nitrogens is 2. The molecule has 8 nitrogen and oxygen atoms in total. The minimum atomic E-state index is -0.0297. The zero-order valence-electron chi connectivity index (χ0n) is 19.9. The summed E-state index contributed by atoms with van der Waals surface area (Å²) in [5.74, 6) is 0.577. The van der Waals surface area contributed by atoms with Crippen LogP contribution in [0, 0.1) is 0 Å². The maximum Gasteiger partial charge on any atom is 0.253 e. The molecular formula is C26H29ClN6O2. The molecule has 1 aliphatic heterocycles. The SMILES string of the molecule is CN(C)CCC(=O)N1CCN(C(=O)c2ccc(Nc3nccc(-c4ccc(Cl)cc4)n3)cc2)CC1. The first-order valence-electron chi connectivity index (χ1n) is 11.6. The van der Waals surface area contributed by atoms with Crippen LogP contribution in [0.1, 0.15) is 16.8 Å². The standard InChI is InChI=1S/C26H29ClN6O2/c1-31(2)14-12-24(34)32-15-17-33(18-16-32)25(35)20-5-9-22(10-6-20)29-26-28-13-11-23(30-26)19-3-7-21(27)8-4-19/h3-11,13H,12,14-18H2,1-2H3,(H,28,29,30). The molecule has 1 saturated heterocycles. The fourth-order valence-corrected chi connectivity index (χ4v) is 3.97. The molecule has 2 heterocycles. The highest BCUT2D eigenvalue weighted by Crippen LogP contribution is 2.22. The van der Waals surface area contributed by atoms with Gasteiger partial charge < -0.3 is 20.0 Å². The Morgan fingerprint density at radius 3 is 2.26 bits per heavy atom. The van der Waals surface area contributed by atoms with Gasteiger partial charge in [0.15, 0.2) is 0 Å². The van der Waals surface area contributed by atoms with Gasteiger partial charge in [-0.1, -0.05) is 23.7 Å². The number of hydrogen-bond donors (Lipinski definition) is 1. The number of piperazine rings is 1. The van der Waals surface area contributed by atoms with Crippen LogP contribution in [0.2, 0.25) is 5.02 Å². The predicted octanol–water partition coefficient (Wildman–Crippen LogP) is 3.78. The van der Waals surface area contributed by atoms with Crippen molar-refractivity contribution >= 4 is 35.1 Å². The Morgan fingerprint density at radius 2 is 1.60 bits per heavy atom. The molecule has 0 unspecified atom stereocenters. The summed E-state index contributed by atoms with van der Waals surface area (Å²) < 4.78 is 0.